The summed E-state index contributed by atoms with van der Waals surface area (Å²) in [5.41, 5.74) is 2.12. The summed E-state index contributed by atoms with van der Waals surface area (Å²) in [6.45, 7) is 1.17. The minimum Gasteiger partial charge on any atom is -0.477 e. The van der Waals surface area contributed by atoms with Crippen molar-refractivity contribution in [2.75, 3.05) is 13.7 Å². The first-order valence-corrected chi connectivity index (χ1v) is 11.3. The fraction of sp³-hybridized carbons (Fsp3) is 0.417. The maximum atomic E-state index is 12.3. The molecule has 2 aromatic rings. The molecule has 1 aromatic carbocycles. The molecule has 0 saturated carbocycles. The standard InChI is InChI=1S/C24H29NO5S/c1-30-16-18-5-2-4-17(14-18)15-20(26)9-7-19-8-12-23(27)25(19)13-3-6-21-10-11-22(31-21)24(28)29/h2,4-5,7,9-11,14,19-20,26H,3,6,8,12-13,15-16H2,1H3,(H,28,29)/b9-7+/t19-,20+/m0/s1. The molecule has 1 fully saturated rings. The van der Waals surface area contributed by atoms with E-state index in [4.69, 9.17) is 9.84 Å². The molecule has 0 bridgehead atoms. The number of amides is 1. The molecule has 0 radical (unpaired) electrons. The van der Waals surface area contributed by atoms with Crippen molar-refractivity contribution in [2.45, 2.75) is 50.9 Å². The van der Waals surface area contributed by atoms with Gasteiger partial charge in [-0.25, -0.2) is 4.79 Å². The monoisotopic (exact) mass is 443 g/mol. The van der Waals surface area contributed by atoms with E-state index < -0.39 is 12.1 Å². The van der Waals surface area contributed by atoms with Crippen LogP contribution >= 0.6 is 11.3 Å². The van der Waals surface area contributed by atoms with Crippen LogP contribution in [0.1, 0.15) is 44.9 Å². The quantitative estimate of drug-likeness (QED) is 0.518. The van der Waals surface area contributed by atoms with Crippen LogP contribution in [-0.4, -0.2) is 52.8 Å². The van der Waals surface area contributed by atoms with E-state index in [0.717, 1.165) is 35.3 Å². The lowest BCUT2D eigenvalue weighted by atomic mass is 10.0. The van der Waals surface area contributed by atoms with E-state index in [1.54, 1.807) is 19.3 Å². The SMILES string of the molecule is COCc1cccc(C[C@H](O)/C=C/[C@H]2CCC(=O)N2CCCc2ccc(C(=O)O)s2)c1. The predicted octanol–water partition coefficient (Wildman–Crippen LogP) is 3.68. The lowest BCUT2D eigenvalue weighted by Gasteiger charge is -2.22. The number of benzene rings is 1. The molecule has 6 nitrogen and oxygen atoms in total. The summed E-state index contributed by atoms with van der Waals surface area (Å²) in [6, 6.07) is 11.4. The van der Waals surface area contributed by atoms with Gasteiger partial charge in [-0.2, -0.15) is 0 Å². The molecule has 2 N–H and O–H groups in total. The molecular weight excluding hydrogens is 414 g/mol. The van der Waals surface area contributed by atoms with Crippen LogP contribution in [0.4, 0.5) is 0 Å². The predicted molar refractivity (Wildman–Crippen MR) is 120 cm³/mol. The van der Waals surface area contributed by atoms with Crippen molar-refractivity contribution in [3.63, 3.8) is 0 Å². The zero-order valence-corrected chi connectivity index (χ0v) is 18.5. The molecule has 1 amide bonds. The number of thiophene rings is 1. The van der Waals surface area contributed by atoms with Crippen LogP contribution in [-0.2, 0) is 29.0 Å². The second-order valence-electron chi connectivity index (χ2n) is 7.78. The molecule has 0 unspecified atom stereocenters. The number of hydrogen-bond donors (Lipinski definition) is 2. The van der Waals surface area contributed by atoms with Crippen LogP contribution in [0, 0.1) is 0 Å². The molecule has 2 atom stereocenters. The van der Waals surface area contributed by atoms with Gasteiger partial charge >= 0.3 is 5.97 Å². The molecule has 31 heavy (non-hydrogen) atoms. The topological polar surface area (TPSA) is 87.1 Å². The van der Waals surface area contributed by atoms with Gasteiger partial charge in [-0.3, -0.25) is 4.79 Å². The first-order valence-electron chi connectivity index (χ1n) is 10.5. The molecule has 1 saturated heterocycles. The van der Waals surface area contributed by atoms with Crippen LogP contribution in [0.2, 0.25) is 0 Å². The van der Waals surface area contributed by atoms with Crippen LogP contribution in [0.25, 0.3) is 0 Å². The highest BCUT2D eigenvalue weighted by molar-refractivity contribution is 7.13. The smallest absolute Gasteiger partial charge is 0.345 e. The lowest BCUT2D eigenvalue weighted by molar-refractivity contribution is -0.128. The van der Waals surface area contributed by atoms with Crippen molar-refractivity contribution in [3.8, 4) is 0 Å². The molecule has 166 valence electrons. The molecule has 3 rings (SSSR count). The lowest BCUT2D eigenvalue weighted by Crippen LogP contribution is -2.33. The van der Waals surface area contributed by atoms with Crippen LogP contribution < -0.4 is 0 Å². The van der Waals surface area contributed by atoms with Crippen LogP contribution in [0.15, 0.2) is 48.6 Å². The van der Waals surface area contributed by atoms with Crippen LogP contribution in [0.3, 0.4) is 0 Å². The van der Waals surface area contributed by atoms with Gasteiger partial charge in [0.25, 0.3) is 0 Å². The molecule has 1 aliphatic heterocycles. The van der Waals surface area contributed by atoms with E-state index in [1.807, 2.05) is 41.3 Å². The number of carboxylic acid groups (broad SMARTS) is 1. The van der Waals surface area contributed by atoms with Gasteiger partial charge in [-0.05, 0) is 42.5 Å². The summed E-state index contributed by atoms with van der Waals surface area (Å²) in [6.07, 6.45) is 6.44. The number of methoxy groups -OCH3 is 1. The first kappa shape index (κ1) is 23.2. The molecule has 0 aliphatic carbocycles. The number of ether oxygens (including phenoxy) is 1. The van der Waals surface area contributed by atoms with Gasteiger partial charge in [0.05, 0.1) is 18.8 Å². The minimum absolute atomic E-state index is 0.000100. The zero-order valence-electron chi connectivity index (χ0n) is 17.7. The fourth-order valence-electron chi connectivity index (χ4n) is 3.88. The minimum atomic E-state index is -0.903. The van der Waals surface area contributed by atoms with Crippen molar-refractivity contribution in [2.24, 2.45) is 0 Å². The molecule has 2 heterocycles. The van der Waals surface area contributed by atoms with Crippen molar-refractivity contribution in [1.82, 2.24) is 4.90 Å². The Morgan fingerprint density at radius 1 is 1.32 bits per heavy atom. The molecular formula is C24H29NO5S. The number of hydrogen-bond acceptors (Lipinski definition) is 5. The van der Waals surface area contributed by atoms with Crippen molar-refractivity contribution < 1.29 is 24.5 Å². The number of likely N-dealkylation sites (tertiary alicyclic amines) is 1. The first-order chi connectivity index (χ1) is 15.0. The number of rotatable bonds is 11. The molecule has 1 aliphatic rings. The Bertz CT molecular complexity index is 922. The third-order valence-electron chi connectivity index (χ3n) is 5.37. The van der Waals surface area contributed by atoms with Crippen molar-refractivity contribution in [1.29, 1.82) is 0 Å². The Balaban J connectivity index is 1.50. The fourth-order valence-corrected chi connectivity index (χ4v) is 4.76. The van der Waals surface area contributed by atoms with Gasteiger partial charge < -0.3 is 19.8 Å². The highest BCUT2D eigenvalue weighted by Gasteiger charge is 2.28. The second-order valence-corrected chi connectivity index (χ2v) is 8.95. The third kappa shape index (κ3) is 6.75. The van der Waals surface area contributed by atoms with Crippen molar-refractivity contribution in [3.05, 3.63) is 69.4 Å². The molecule has 7 heteroatoms. The molecule has 1 aromatic heterocycles. The number of aliphatic hydroxyl groups is 1. The summed E-state index contributed by atoms with van der Waals surface area (Å²) >= 11 is 1.29. The van der Waals surface area contributed by atoms with Gasteiger partial charge in [0, 0.05) is 31.4 Å². The number of aliphatic hydroxyl groups excluding tert-OH is 1. The number of carbonyl (C=O) groups excluding carboxylic acids is 1. The van der Waals surface area contributed by atoms with Crippen molar-refractivity contribution >= 4 is 23.2 Å². The Morgan fingerprint density at radius 3 is 2.87 bits per heavy atom. The Morgan fingerprint density at radius 2 is 2.13 bits per heavy atom. The summed E-state index contributed by atoms with van der Waals surface area (Å²) in [7, 11) is 1.66. The summed E-state index contributed by atoms with van der Waals surface area (Å²) in [4.78, 5) is 26.5. The second kappa shape index (κ2) is 11.2. The van der Waals surface area contributed by atoms with E-state index in [0.29, 0.717) is 30.9 Å². The van der Waals surface area contributed by atoms with E-state index in [-0.39, 0.29) is 11.9 Å². The number of carboxylic acids is 1. The number of carbonyl (C=O) groups is 2. The number of aromatic carboxylic acids is 1. The Labute approximate surface area is 186 Å². The summed E-state index contributed by atoms with van der Waals surface area (Å²) in [5.74, 6) is -0.769. The average Bonchev–Trinajstić information content (AvgIpc) is 3.35. The maximum Gasteiger partial charge on any atom is 0.345 e. The Hall–Kier alpha value is -2.48. The van der Waals surface area contributed by atoms with Gasteiger partial charge in [0.15, 0.2) is 0 Å². The van der Waals surface area contributed by atoms with Gasteiger partial charge in [-0.15, -0.1) is 11.3 Å². The van der Waals surface area contributed by atoms with E-state index in [1.165, 1.54) is 11.3 Å². The largest absolute Gasteiger partial charge is 0.477 e. The van der Waals surface area contributed by atoms with Crippen LogP contribution in [0.5, 0.6) is 0 Å². The van der Waals surface area contributed by atoms with E-state index in [2.05, 4.69) is 0 Å². The van der Waals surface area contributed by atoms with Gasteiger partial charge in [0.2, 0.25) is 5.91 Å². The van der Waals surface area contributed by atoms with Gasteiger partial charge in [-0.1, -0.05) is 36.4 Å². The highest BCUT2D eigenvalue weighted by Crippen LogP contribution is 2.23. The zero-order chi connectivity index (χ0) is 22.2. The highest BCUT2D eigenvalue weighted by atomic mass is 32.1. The summed E-state index contributed by atoms with van der Waals surface area (Å²) < 4.78 is 5.16. The van der Waals surface area contributed by atoms with Gasteiger partial charge in [0.1, 0.15) is 4.88 Å². The number of nitrogens with zero attached hydrogens (tertiary/aromatic N) is 1. The molecule has 0 spiro atoms. The summed E-state index contributed by atoms with van der Waals surface area (Å²) in [5, 5.41) is 19.5. The number of aryl methyl sites for hydroxylation is 1. The maximum absolute atomic E-state index is 12.3. The van der Waals surface area contributed by atoms with E-state index in [9.17, 15) is 14.7 Å². The normalized spacial score (nSPS) is 17.5. The Kier molecular flexibility index (Phi) is 8.40. The van der Waals surface area contributed by atoms with E-state index >= 15 is 0 Å². The third-order valence-corrected chi connectivity index (χ3v) is 6.50. The average molecular weight is 444 g/mol.